The maximum absolute atomic E-state index is 3.79. The minimum Gasteiger partial charge on any atom is -0.313 e. The first-order valence-electron chi connectivity index (χ1n) is 8.64. The van der Waals surface area contributed by atoms with Crippen molar-refractivity contribution in [3.63, 3.8) is 0 Å². The third-order valence-corrected chi connectivity index (χ3v) is 4.86. The Hall–Kier alpha value is -0.0800. The van der Waals surface area contributed by atoms with Gasteiger partial charge >= 0.3 is 0 Å². The number of rotatable bonds is 9. The van der Waals surface area contributed by atoms with Crippen LogP contribution in [0, 0.1) is 5.92 Å². The molecule has 0 aromatic rings. The molecule has 1 atom stereocenters. The van der Waals surface area contributed by atoms with E-state index in [1.165, 1.54) is 64.6 Å². The second-order valence-electron chi connectivity index (χ2n) is 6.56. The molecule has 19 heavy (non-hydrogen) atoms. The van der Waals surface area contributed by atoms with Gasteiger partial charge in [0, 0.05) is 25.2 Å². The van der Waals surface area contributed by atoms with Crippen LogP contribution in [0.3, 0.4) is 0 Å². The van der Waals surface area contributed by atoms with Crippen LogP contribution >= 0.6 is 0 Å². The van der Waals surface area contributed by atoms with Crippen molar-refractivity contribution in [2.45, 2.75) is 84.7 Å². The highest BCUT2D eigenvalue weighted by molar-refractivity contribution is 4.76. The van der Waals surface area contributed by atoms with E-state index in [0.29, 0.717) is 0 Å². The molecule has 0 heterocycles. The fourth-order valence-electron chi connectivity index (χ4n) is 3.05. The summed E-state index contributed by atoms with van der Waals surface area (Å²) in [5, 5.41) is 3.79. The van der Waals surface area contributed by atoms with Gasteiger partial charge in [0.1, 0.15) is 0 Å². The van der Waals surface area contributed by atoms with Crippen molar-refractivity contribution in [1.29, 1.82) is 0 Å². The average Bonchev–Trinajstić information content (AvgIpc) is 2.43. The third kappa shape index (κ3) is 6.76. The summed E-state index contributed by atoms with van der Waals surface area (Å²) < 4.78 is 0. The van der Waals surface area contributed by atoms with Gasteiger partial charge in [0.05, 0.1) is 0 Å². The fraction of sp³-hybridized carbons (Fsp3) is 1.00. The monoisotopic (exact) mass is 268 g/mol. The standard InChI is InChI=1S/C17H36N2/c1-5-7-13-19(16(4)6-2)14-12-18-17-10-8-15(3)9-11-17/h15-18H,5-14H2,1-4H3. The summed E-state index contributed by atoms with van der Waals surface area (Å²) in [6.07, 6.45) is 9.53. The molecule has 0 aromatic carbocycles. The van der Waals surface area contributed by atoms with Crippen LogP contribution in [0.1, 0.15) is 72.6 Å². The minimum absolute atomic E-state index is 0.736. The highest BCUT2D eigenvalue weighted by Gasteiger charge is 2.18. The highest BCUT2D eigenvalue weighted by atomic mass is 15.2. The largest absolute Gasteiger partial charge is 0.313 e. The summed E-state index contributed by atoms with van der Waals surface area (Å²) in [7, 11) is 0. The molecule has 1 fully saturated rings. The number of unbranched alkanes of at least 4 members (excludes halogenated alkanes) is 1. The Kier molecular flexibility index (Phi) is 8.72. The Balaban J connectivity index is 2.19. The molecule has 1 aliphatic rings. The lowest BCUT2D eigenvalue weighted by atomic mass is 9.87. The van der Waals surface area contributed by atoms with Crippen LogP contribution in [0.25, 0.3) is 0 Å². The van der Waals surface area contributed by atoms with Crippen LogP contribution in [0.15, 0.2) is 0 Å². The number of nitrogens with zero attached hydrogens (tertiary/aromatic N) is 1. The molecule has 1 aliphatic carbocycles. The molecule has 1 unspecified atom stereocenters. The Morgan fingerprint density at radius 1 is 1.11 bits per heavy atom. The topological polar surface area (TPSA) is 15.3 Å². The van der Waals surface area contributed by atoms with Crippen molar-refractivity contribution in [3.05, 3.63) is 0 Å². The lowest BCUT2D eigenvalue weighted by molar-refractivity contribution is 0.194. The van der Waals surface area contributed by atoms with E-state index in [-0.39, 0.29) is 0 Å². The molecule has 1 rings (SSSR count). The van der Waals surface area contributed by atoms with Crippen molar-refractivity contribution in [3.8, 4) is 0 Å². The smallest absolute Gasteiger partial charge is 0.0110 e. The van der Waals surface area contributed by atoms with E-state index in [1.807, 2.05) is 0 Å². The summed E-state index contributed by atoms with van der Waals surface area (Å²) in [6, 6.07) is 1.53. The number of nitrogens with one attached hydrogen (secondary N) is 1. The van der Waals surface area contributed by atoms with Crippen molar-refractivity contribution < 1.29 is 0 Å². The minimum atomic E-state index is 0.736. The molecule has 1 N–H and O–H groups in total. The predicted molar refractivity (Wildman–Crippen MR) is 85.7 cm³/mol. The first-order valence-corrected chi connectivity index (χ1v) is 8.64. The molecule has 0 aliphatic heterocycles. The van der Waals surface area contributed by atoms with Crippen molar-refractivity contribution in [2.24, 2.45) is 5.92 Å². The Labute approximate surface area is 121 Å². The van der Waals surface area contributed by atoms with E-state index < -0.39 is 0 Å². The van der Waals surface area contributed by atoms with Crippen LogP contribution < -0.4 is 5.32 Å². The molecule has 0 bridgehead atoms. The molecular weight excluding hydrogens is 232 g/mol. The maximum atomic E-state index is 3.79. The summed E-state index contributed by atoms with van der Waals surface area (Å²) in [6.45, 7) is 13.0. The van der Waals surface area contributed by atoms with Gasteiger partial charge < -0.3 is 5.32 Å². The lowest BCUT2D eigenvalue weighted by Gasteiger charge is -2.31. The summed E-state index contributed by atoms with van der Waals surface area (Å²) in [5.41, 5.74) is 0. The normalized spacial score (nSPS) is 25.7. The fourth-order valence-corrected chi connectivity index (χ4v) is 3.05. The Morgan fingerprint density at radius 3 is 2.37 bits per heavy atom. The second kappa shape index (κ2) is 9.77. The van der Waals surface area contributed by atoms with E-state index in [9.17, 15) is 0 Å². The second-order valence-corrected chi connectivity index (χ2v) is 6.56. The zero-order valence-corrected chi connectivity index (χ0v) is 13.8. The van der Waals surface area contributed by atoms with Crippen molar-refractivity contribution in [2.75, 3.05) is 19.6 Å². The highest BCUT2D eigenvalue weighted by Crippen LogP contribution is 2.23. The van der Waals surface area contributed by atoms with Gasteiger partial charge in [0.2, 0.25) is 0 Å². The molecule has 2 nitrogen and oxygen atoms in total. The molecule has 0 radical (unpaired) electrons. The third-order valence-electron chi connectivity index (χ3n) is 4.86. The van der Waals surface area contributed by atoms with Gasteiger partial charge in [0.15, 0.2) is 0 Å². The lowest BCUT2D eigenvalue weighted by Crippen LogP contribution is -2.42. The van der Waals surface area contributed by atoms with Crippen molar-refractivity contribution in [1.82, 2.24) is 10.2 Å². The van der Waals surface area contributed by atoms with Gasteiger partial charge in [-0.2, -0.15) is 0 Å². The zero-order valence-electron chi connectivity index (χ0n) is 13.8. The van der Waals surface area contributed by atoms with E-state index in [2.05, 4.69) is 37.9 Å². The first-order chi connectivity index (χ1) is 9.17. The van der Waals surface area contributed by atoms with Gasteiger partial charge in [-0.05, 0) is 57.9 Å². The first kappa shape index (κ1) is 17.0. The maximum Gasteiger partial charge on any atom is 0.0110 e. The molecule has 0 amide bonds. The van der Waals surface area contributed by atoms with Gasteiger partial charge in [-0.25, -0.2) is 0 Å². The Morgan fingerprint density at radius 2 is 1.79 bits per heavy atom. The quantitative estimate of drug-likeness (QED) is 0.678. The predicted octanol–water partition coefficient (Wildman–Crippen LogP) is 4.06. The summed E-state index contributed by atoms with van der Waals surface area (Å²) >= 11 is 0. The van der Waals surface area contributed by atoms with Gasteiger partial charge in [-0.15, -0.1) is 0 Å². The van der Waals surface area contributed by atoms with Crippen LogP contribution in [0.5, 0.6) is 0 Å². The molecule has 1 saturated carbocycles. The molecule has 114 valence electrons. The van der Waals surface area contributed by atoms with E-state index in [0.717, 1.165) is 18.0 Å². The molecule has 0 aromatic heterocycles. The SMILES string of the molecule is CCCCN(CCNC1CCC(C)CC1)C(C)CC. The summed E-state index contributed by atoms with van der Waals surface area (Å²) in [5.74, 6) is 0.958. The number of hydrogen-bond donors (Lipinski definition) is 1. The van der Waals surface area contributed by atoms with Gasteiger partial charge in [-0.1, -0.05) is 27.2 Å². The molecule has 2 heteroatoms. The van der Waals surface area contributed by atoms with E-state index >= 15 is 0 Å². The summed E-state index contributed by atoms with van der Waals surface area (Å²) in [4.78, 5) is 2.67. The number of hydrogen-bond acceptors (Lipinski definition) is 2. The Bertz CT molecular complexity index is 209. The average molecular weight is 268 g/mol. The van der Waals surface area contributed by atoms with Gasteiger partial charge in [-0.3, -0.25) is 4.90 Å². The van der Waals surface area contributed by atoms with Crippen LogP contribution in [0.4, 0.5) is 0 Å². The van der Waals surface area contributed by atoms with Gasteiger partial charge in [0.25, 0.3) is 0 Å². The van der Waals surface area contributed by atoms with E-state index in [4.69, 9.17) is 0 Å². The van der Waals surface area contributed by atoms with Crippen LogP contribution in [0.2, 0.25) is 0 Å². The van der Waals surface area contributed by atoms with Crippen LogP contribution in [-0.4, -0.2) is 36.6 Å². The van der Waals surface area contributed by atoms with Crippen molar-refractivity contribution >= 4 is 0 Å². The van der Waals surface area contributed by atoms with Crippen LogP contribution in [-0.2, 0) is 0 Å². The zero-order chi connectivity index (χ0) is 14.1. The molecule has 0 saturated heterocycles. The molecular formula is C17H36N2. The molecule has 0 spiro atoms. The van der Waals surface area contributed by atoms with E-state index in [1.54, 1.807) is 0 Å².